The van der Waals surface area contributed by atoms with Gasteiger partial charge < -0.3 is 10.4 Å². The molecule has 1 atom stereocenters. The first-order valence-electron chi connectivity index (χ1n) is 6.51. The van der Waals surface area contributed by atoms with E-state index in [0.717, 1.165) is 16.3 Å². The van der Waals surface area contributed by atoms with Crippen molar-refractivity contribution in [3.63, 3.8) is 0 Å². The van der Waals surface area contributed by atoms with Crippen LogP contribution in [0.3, 0.4) is 0 Å². The molecule has 106 valence electrons. The molecule has 0 aliphatic rings. The molecule has 0 saturated heterocycles. The molecule has 20 heavy (non-hydrogen) atoms. The molecule has 1 aromatic heterocycles. The molecular weight excluding hydrogens is 272 g/mol. The largest absolute Gasteiger partial charge is 0.396 e. The van der Waals surface area contributed by atoms with E-state index in [-0.39, 0.29) is 18.4 Å². The minimum atomic E-state index is -0.125. The first kappa shape index (κ1) is 14.7. The summed E-state index contributed by atoms with van der Waals surface area (Å²) in [5.74, 6) is -0.0656. The Kier molecular flexibility index (Phi) is 4.87. The quantitative estimate of drug-likeness (QED) is 0.889. The third-order valence-corrected chi connectivity index (χ3v) is 3.92. The maximum absolute atomic E-state index is 12.0. The zero-order chi connectivity index (χ0) is 14.5. The zero-order valence-corrected chi connectivity index (χ0v) is 12.4. The number of aliphatic hydroxyl groups excluding tert-OH is 1. The number of nitrogens with one attached hydrogen (secondary N) is 1. The van der Waals surface area contributed by atoms with Crippen molar-refractivity contribution in [2.75, 3.05) is 13.2 Å². The fourth-order valence-electron chi connectivity index (χ4n) is 1.71. The average molecular weight is 290 g/mol. The Morgan fingerprint density at radius 3 is 2.95 bits per heavy atom. The predicted octanol–water partition coefficient (Wildman–Crippen LogP) is 2.48. The Balaban J connectivity index is 2.11. The molecule has 0 aliphatic carbocycles. The summed E-state index contributed by atoms with van der Waals surface area (Å²) in [7, 11) is 0. The third-order valence-electron chi connectivity index (χ3n) is 2.91. The van der Waals surface area contributed by atoms with E-state index in [2.05, 4.69) is 10.3 Å². The Bertz CT molecular complexity index is 595. The van der Waals surface area contributed by atoms with Crippen molar-refractivity contribution in [1.29, 1.82) is 0 Å². The lowest BCUT2D eigenvalue weighted by molar-refractivity contribution is 0.0942. The van der Waals surface area contributed by atoms with Gasteiger partial charge in [-0.2, -0.15) is 0 Å². The van der Waals surface area contributed by atoms with Crippen LogP contribution in [-0.4, -0.2) is 29.1 Å². The van der Waals surface area contributed by atoms with Crippen LogP contribution in [0.5, 0.6) is 0 Å². The van der Waals surface area contributed by atoms with Gasteiger partial charge in [0.05, 0.1) is 0 Å². The molecule has 0 saturated carbocycles. The topological polar surface area (TPSA) is 62.2 Å². The van der Waals surface area contributed by atoms with E-state index in [1.54, 1.807) is 17.4 Å². The summed E-state index contributed by atoms with van der Waals surface area (Å²) in [6.07, 6.45) is 0. The molecular formula is C15H18N2O2S. The lowest BCUT2D eigenvalue weighted by Crippen LogP contribution is -2.29. The van der Waals surface area contributed by atoms with Gasteiger partial charge in [-0.1, -0.05) is 19.1 Å². The minimum absolute atomic E-state index is 0.0590. The van der Waals surface area contributed by atoms with E-state index in [1.165, 1.54) is 0 Å². The zero-order valence-electron chi connectivity index (χ0n) is 11.6. The number of amides is 1. The maximum Gasteiger partial charge on any atom is 0.251 e. The Morgan fingerprint density at radius 2 is 2.30 bits per heavy atom. The monoisotopic (exact) mass is 290 g/mol. The molecule has 0 aliphatic heterocycles. The lowest BCUT2D eigenvalue weighted by Gasteiger charge is -2.10. The number of carbonyl (C=O) groups excluding carboxylic acids is 1. The first-order chi connectivity index (χ1) is 9.60. The molecule has 2 rings (SSSR count). The van der Waals surface area contributed by atoms with Crippen LogP contribution in [0.1, 0.15) is 23.0 Å². The number of aryl methyl sites for hydroxylation is 1. The molecule has 0 radical (unpaired) electrons. The van der Waals surface area contributed by atoms with Crippen molar-refractivity contribution in [3.8, 4) is 10.6 Å². The van der Waals surface area contributed by atoms with Crippen LogP contribution in [0.15, 0.2) is 29.6 Å². The van der Waals surface area contributed by atoms with Crippen LogP contribution in [0.2, 0.25) is 0 Å². The van der Waals surface area contributed by atoms with Gasteiger partial charge in [0, 0.05) is 35.4 Å². The van der Waals surface area contributed by atoms with Crippen molar-refractivity contribution in [2.24, 2.45) is 5.92 Å². The second kappa shape index (κ2) is 6.63. The van der Waals surface area contributed by atoms with Crippen LogP contribution in [0.25, 0.3) is 10.6 Å². The Morgan fingerprint density at radius 1 is 1.50 bits per heavy atom. The second-order valence-corrected chi connectivity index (χ2v) is 5.73. The average Bonchev–Trinajstić information content (AvgIpc) is 2.91. The molecule has 1 unspecified atom stereocenters. The van der Waals surface area contributed by atoms with Crippen LogP contribution < -0.4 is 5.32 Å². The normalized spacial score (nSPS) is 12.2. The SMILES string of the molecule is Cc1csc(-c2cccc(C(=O)NCC(C)CO)c2)n1. The van der Waals surface area contributed by atoms with Crippen LogP contribution in [-0.2, 0) is 0 Å². The highest BCUT2D eigenvalue weighted by atomic mass is 32.1. The highest BCUT2D eigenvalue weighted by Crippen LogP contribution is 2.24. The molecule has 1 heterocycles. The van der Waals surface area contributed by atoms with Crippen molar-refractivity contribution in [3.05, 3.63) is 40.9 Å². The number of benzene rings is 1. The van der Waals surface area contributed by atoms with E-state index >= 15 is 0 Å². The summed E-state index contributed by atoms with van der Waals surface area (Å²) in [5, 5.41) is 14.7. The maximum atomic E-state index is 12.0. The molecule has 5 heteroatoms. The number of hydrogen-bond acceptors (Lipinski definition) is 4. The van der Waals surface area contributed by atoms with Gasteiger partial charge in [0.2, 0.25) is 0 Å². The highest BCUT2D eigenvalue weighted by Gasteiger charge is 2.10. The fraction of sp³-hybridized carbons (Fsp3) is 0.333. The standard InChI is InChI=1S/C15H18N2O2S/c1-10(8-18)7-16-14(19)12-4-3-5-13(6-12)15-17-11(2)9-20-15/h3-6,9-10,18H,7-8H2,1-2H3,(H,16,19). The third kappa shape index (κ3) is 3.65. The Hall–Kier alpha value is -1.72. The van der Waals surface area contributed by atoms with Gasteiger partial charge in [0.15, 0.2) is 0 Å². The van der Waals surface area contributed by atoms with E-state index < -0.39 is 0 Å². The number of aliphatic hydroxyl groups is 1. The molecule has 4 nitrogen and oxygen atoms in total. The summed E-state index contributed by atoms with van der Waals surface area (Å²) >= 11 is 1.57. The van der Waals surface area contributed by atoms with Crippen molar-refractivity contribution in [2.45, 2.75) is 13.8 Å². The number of thiazole rings is 1. The molecule has 2 N–H and O–H groups in total. The fourth-order valence-corrected chi connectivity index (χ4v) is 2.51. The van der Waals surface area contributed by atoms with Gasteiger partial charge in [0.25, 0.3) is 5.91 Å². The van der Waals surface area contributed by atoms with Crippen LogP contribution in [0.4, 0.5) is 0 Å². The molecule has 1 amide bonds. The lowest BCUT2D eigenvalue weighted by atomic mass is 10.1. The summed E-state index contributed by atoms with van der Waals surface area (Å²) in [6.45, 7) is 4.37. The van der Waals surface area contributed by atoms with E-state index in [9.17, 15) is 4.79 Å². The van der Waals surface area contributed by atoms with Crippen molar-refractivity contribution < 1.29 is 9.90 Å². The summed E-state index contributed by atoms with van der Waals surface area (Å²) in [6, 6.07) is 7.43. The summed E-state index contributed by atoms with van der Waals surface area (Å²) < 4.78 is 0. The minimum Gasteiger partial charge on any atom is -0.396 e. The Labute approximate surface area is 122 Å². The van der Waals surface area contributed by atoms with Crippen LogP contribution in [0, 0.1) is 12.8 Å². The predicted molar refractivity (Wildman–Crippen MR) is 80.9 cm³/mol. The second-order valence-electron chi connectivity index (χ2n) is 4.87. The number of rotatable bonds is 5. The van der Waals surface area contributed by atoms with Crippen LogP contribution >= 0.6 is 11.3 Å². The number of hydrogen-bond donors (Lipinski definition) is 2. The van der Waals surface area contributed by atoms with Gasteiger partial charge in [-0.15, -0.1) is 11.3 Å². The van der Waals surface area contributed by atoms with Crippen molar-refractivity contribution in [1.82, 2.24) is 10.3 Å². The molecule has 0 spiro atoms. The van der Waals surface area contributed by atoms with Gasteiger partial charge in [-0.25, -0.2) is 4.98 Å². The van der Waals surface area contributed by atoms with Gasteiger partial charge in [-0.05, 0) is 25.0 Å². The number of nitrogens with zero attached hydrogens (tertiary/aromatic N) is 1. The van der Waals surface area contributed by atoms with Gasteiger partial charge in [-0.3, -0.25) is 4.79 Å². The smallest absolute Gasteiger partial charge is 0.251 e. The van der Waals surface area contributed by atoms with Gasteiger partial charge >= 0.3 is 0 Å². The highest BCUT2D eigenvalue weighted by molar-refractivity contribution is 7.13. The number of carbonyl (C=O) groups is 1. The van der Waals surface area contributed by atoms with Crippen molar-refractivity contribution >= 4 is 17.2 Å². The van der Waals surface area contributed by atoms with E-state index in [4.69, 9.17) is 5.11 Å². The summed E-state index contributed by atoms with van der Waals surface area (Å²) in [5.41, 5.74) is 2.54. The molecule has 2 aromatic rings. The molecule has 0 bridgehead atoms. The first-order valence-corrected chi connectivity index (χ1v) is 7.39. The molecule has 0 fully saturated rings. The van der Waals surface area contributed by atoms with Gasteiger partial charge in [0.1, 0.15) is 5.01 Å². The van der Waals surface area contributed by atoms with E-state index in [0.29, 0.717) is 12.1 Å². The number of aromatic nitrogens is 1. The van der Waals surface area contributed by atoms with E-state index in [1.807, 2.05) is 37.4 Å². The molecule has 1 aromatic carbocycles. The summed E-state index contributed by atoms with van der Waals surface area (Å²) in [4.78, 5) is 16.5.